The third-order valence-corrected chi connectivity index (χ3v) is 6.10. The molecule has 6 nitrogen and oxygen atoms in total. The number of hydrogen-bond donors (Lipinski definition) is 2. The number of ether oxygens (including phenoxy) is 1. The molecule has 2 N–H and O–H groups in total. The van der Waals surface area contributed by atoms with Gasteiger partial charge in [0.1, 0.15) is 18.2 Å². The lowest BCUT2D eigenvalue weighted by molar-refractivity contribution is -0.132. The summed E-state index contributed by atoms with van der Waals surface area (Å²) in [5.74, 6) is 0.475. The standard InChI is InChI=1S/C24H28FN3O3/c1-24(22(29)26-14-17-7-9-19(25)10-8-17)11-4-12-28(16-24)23(30)27-20-13-18-5-2-3-6-21(18)31-15-20/h2-3,5-10,20H,4,11-16H2,1H3,(H,26,29)(H,27,30)/t20-,24-/m0/s1. The van der Waals surface area contributed by atoms with Crippen LogP contribution in [-0.4, -0.2) is 42.6 Å². The number of piperidine rings is 1. The van der Waals surface area contributed by atoms with E-state index < -0.39 is 5.41 Å². The lowest BCUT2D eigenvalue weighted by atomic mass is 9.81. The summed E-state index contributed by atoms with van der Waals surface area (Å²) < 4.78 is 18.8. The number of benzene rings is 2. The number of para-hydroxylation sites is 1. The first-order valence-corrected chi connectivity index (χ1v) is 10.7. The first-order valence-electron chi connectivity index (χ1n) is 10.7. The van der Waals surface area contributed by atoms with Gasteiger partial charge in [0.05, 0.1) is 11.5 Å². The van der Waals surface area contributed by atoms with Crippen LogP contribution in [0, 0.1) is 11.2 Å². The van der Waals surface area contributed by atoms with Crippen LogP contribution in [0.4, 0.5) is 9.18 Å². The summed E-state index contributed by atoms with van der Waals surface area (Å²) in [5.41, 5.74) is 1.26. The number of rotatable bonds is 4. The SMILES string of the molecule is C[C@]1(C(=O)NCc2ccc(F)cc2)CCCN(C(=O)N[C@@H]2COc3ccccc3C2)C1. The molecular weight excluding hydrogens is 397 g/mol. The molecule has 1 fully saturated rings. The Balaban J connectivity index is 1.32. The van der Waals surface area contributed by atoms with Gasteiger partial charge < -0.3 is 20.3 Å². The van der Waals surface area contributed by atoms with E-state index in [9.17, 15) is 14.0 Å². The van der Waals surface area contributed by atoms with E-state index in [2.05, 4.69) is 10.6 Å². The van der Waals surface area contributed by atoms with Gasteiger partial charge in [-0.25, -0.2) is 9.18 Å². The maximum absolute atomic E-state index is 13.1. The largest absolute Gasteiger partial charge is 0.491 e. The summed E-state index contributed by atoms with van der Waals surface area (Å²) in [6, 6.07) is 13.7. The number of amides is 3. The van der Waals surface area contributed by atoms with Gasteiger partial charge in [-0.2, -0.15) is 0 Å². The molecule has 4 rings (SSSR count). The number of likely N-dealkylation sites (tertiary alicyclic amines) is 1. The molecule has 2 aliphatic heterocycles. The number of nitrogens with one attached hydrogen (secondary N) is 2. The first-order chi connectivity index (χ1) is 14.9. The van der Waals surface area contributed by atoms with Crippen molar-refractivity contribution in [3.05, 3.63) is 65.5 Å². The summed E-state index contributed by atoms with van der Waals surface area (Å²) in [6.07, 6.45) is 2.20. The van der Waals surface area contributed by atoms with Crippen molar-refractivity contribution in [3.8, 4) is 5.75 Å². The summed E-state index contributed by atoms with van der Waals surface area (Å²) >= 11 is 0. The molecule has 31 heavy (non-hydrogen) atoms. The second-order valence-electron chi connectivity index (χ2n) is 8.66. The fraction of sp³-hybridized carbons (Fsp3) is 0.417. The van der Waals surface area contributed by atoms with Gasteiger partial charge in [0.2, 0.25) is 5.91 Å². The molecule has 0 aromatic heterocycles. The molecule has 2 heterocycles. The number of hydrogen-bond acceptors (Lipinski definition) is 3. The van der Waals surface area contributed by atoms with Crippen LogP contribution in [0.5, 0.6) is 5.75 Å². The molecule has 0 aliphatic carbocycles. The fourth-order valence-electron chi connectivity index (χ4n) is 4.28. The maximum atomic E-state index is 13.1. The van der Waals surface area contributed by atoms with Crippen LogP contribution in [0.15, 0.2) is 48.5 Å². The highest BCUT2D eigenvalue weighted by molar-refractivity contribution is 5.84. The third-order valence-electron chi connectivity index (χ3n) is 6.10. The van der Waals surface area contributed by atoms with Crippen molar-refractivity contribution in [2.45, 2.75) is 38.8 Å². The van der Waals surface area contributed by atoms with Gasteiger partial charge in [-0.1, -0.05) is 30.3 Å². The summed E-state index contributed by atoms with van der Waals surface area (Å²) in [5, 5.41) is 6.00. The molecule has 2 atom stereocenters. The first kappa shape index (κ1) is 21.2. The van der Waals surface area contributed by atoms with Gasteiger partial charge in [0.15, 0.2) is 0 Å². The number of nitrogens with zero attached hydrogens (tertiary/aromatic N) is 1. The van der Waals surface area contributed by atoms with Crippen LogP contribution < -0.4 is 15.4 Å². The minimum absolute atomic E-state index is 0.0933. The molecule has 0 bridgehead atoms. The van der Waals surface area contributed by atoms with Crippen LogP contribution >= 0.6 is 0 Å². The van der Waals surface area contributed by atoms with Gasteiger partial charge in [0.25, 0.3) is 0 Å². The van der Waals surface area contributed by atoms with E-state index in [0.717, 1.165) is 29.7 Å². The Kier molecular flexibility index (Phi) is 6.11. The van der Waals surface area contributed by atoms with E-state index in [0.29, 0.717) is 32.7 Å². The van der Waals surface area contributed by atoms with Crippen LogP contribution in [0.3, 0.4) is 0 Å². The highest BCUT2D eigenvalue weighted by atomic mass is 19.1. The monoisotopic (exact) mass is 425 g/mol. The highest BCUT2D eigenvalue weighted by Crippen LogP contribution is 2.30. The highest BCUT2D eigenvalue weighted by Gasteiger charge is 2.39. The van der Waals surface area contributed by atoms with E-state index in [4.69, 9.17) is 4.74 Å². The topological polar surface area (TPSA) is 70.7 Å². The minimum Gasteiger partial charge on any atom is -0.491 e. The van der Waals surface area contributed by atoms with Crippen LogP contribution in [0.25, 0.3) is 0 Å². The molecular formula is C24H28FN3O3. The lowest BCUT2D eigenvalue weighted by Crippen LogP contribution is -2.56. The Labute approximate surface area is 181 Å². The van der Waals surface area contributed by atoms with Crippen molar-refractivity contribution in [2.24, 2.45) is 5.41 Å². The van der Waals surface area contributed by atoms with Crippen molar-refractivity contribution in [1.29, 1.82) is 0 Å². The van der Waals surface area contributed by atoms with Gasteiger partial charge in [-0.15, -0.1) is 0 Å². The fourth-order valence-corrected chi connectivity index (χ4v) is 4.28. The van der Waals surface area contributed by atoms with Crippen LogP contribution in [0.1, 0.15) is 30.9 Å². The number of halogens is 1. The average Bonchev–Trinajstić information content (AvgIpc) is 2.78. The molecule has 1 saturated heterocycles. The zero-order valence-electron chi connectivity index (χ0n) is 17.7. The molecule has 0 spiro atoms. The van der Waals surface area contributed by atoms with E-state index >= 15 is 0 Å². The second kappa shape index (κ2) is 8.96. The van der Waals surface area contributed by atoms with Gasteiger partial charge >= 0.3 is 6.03 Å². The van der Waals surface area contributed by atoms with Gasteiger partial charge in [-0.3, -0.25) is 4.79 Å². The number of urea groups is 1. The van der Waals surface area contributed by atoms with Crippen molar-refractivity contribution in [3.63, 3.8) is 0 Å². The van der Waals surface area contributed by atoms with Crippen molar-refractivity contribution < 1.29 is 18.7 Å². The normalized spacial score (nSPS) is 22.8. The van der Waals surface area contributed by atoms with Crippen molar-refractivity contribution in [1.82, 2.24) is 15.5 Å². The van der Waals surface area contributed by atoms with Crippen molar-refractivity contribution in [2.75, 3.05) is 19.7 Å². The Morgan fingerprint density at radius 1 is 1.19 bits per heavy atom. The van der Waals surface area contributed by atoms with Crippen LogP contribution in [-0.2, 0) is 17.8 Å². The molecule has 3 amide bonds. The number of carbonyl (C=O) groups excluding carboxylic acids is 2. The van der Waals surface area contributed by atoms with Gasteiger partial charge in [-0.05, 0) is 55.5 Å². The quantitative estimate of drug-likeness (QED) is 0.790. The van der Waals surface area contributed by atoms with E-state index in [1.54, 1.807) is 17.0 Å². The molecule has 7 heteroatoms. The number of carbonyl (C=O) groups is 2. The zero-order chi connectivity index (χ0) is 21.8. The zero-order valence-corrected chi connectivity index (χ0v) is 17.7. The van der Waals surface area contributed by atoms with Gasteiger partial charge in [0, 0.05) is 19.6 Å². The second-order valence-corrected chi connectivity index (χ2v) is 8.66. The Morgan fingerprint density at radius 3 is 2.77 bits per heavy atom. The molecule has 0 saturated carbocycles. The molecule has 0 unspecified atom stereocenters. The smallest absolute Gasteiger partial charge is 0.317 e. The summed E-state index contributed by atoms with van der Waals surface area (Å²) in [7, 11) is 0. The predicted molar refractivity (Wildman–Crippen MR) is 115 cm³/mol. The molecule has 2 aromatic rings. The van der Waals surface area contributed by atoms with E-state index in [-0.39, 0.29) is 23.8 Å². The number of fused-ring (bicyclic) bond motifs is 1. The predicted octanol–water partition coefficient (Wildman–Crippen LogP) is 3.26. The average molecular weight is 426 g/mol. The molecule has 2 aliphatic rings. The van der Waals surface area contributed by atoms with Crippen LogP contribution in [0.2, 0.25) is 0 Å². The molecule has 2 aromatic carbocycles. The van der Waals surface area contributed by atoms with E-state index in [1.165, 1.54) is 12.1 Å². The lowest BCUT2D eigenvalue weighted by Gasteiger charge is -2.40. The molecule has 0 radical (unpaired) electrons. The van der Waals surface area contributed by atoms with Crippen molar-refractivity contribution >= 4 is 11.9 Å². The minimum atomic E-state index is -0.661. The Bertz CT molecular complexity index is 949. The summed E-state index contributed by atoms with van der Waals surface area (Å²) in [6.45, 7) is 3.65. The molecule has 164 valence electrons. The summed E-state index contributed by atoms with van der Waals surface area (Å²) in [4.78, 5) is 27.5. The maximum Gasteiger partial charge on any atom is 0.317 e. The van der Waals surface area contributed by atoms with E-state index in [1.807, 2.05) is 31.2 Å². The Morgan fingerprint density at radius 2 is 1.97 bits per heavy atom. The Hall–Kier alpha value is -3.09. The third kappa shape index (κ3) is 4.98.